The van der Waals surface area contributed by atoms with Crippen molar-refractivity contribution in [3.8, 4) is 5.75 Å². The quantitative estimate of drug-likeness (QED) is 0.690. The van der Waals surface area contributed by atoms with Crippen LogP contribution in [0.25, 0.3) is 0 Å². The molecule has 0 aliphatic carbocycles. The molecule has 2 atom stereocenters. The van der Waals surface area contributed by atoms with Crippen LogP contribution in [0.1, 0.15) is 0 Å². The molecule has 1 fully saturated rings. The van der Waals surface area contributed by atoms with Gasteiger partial charge in [0.1, 0.15) is 5.75 Å². The molecule has 0 aromatic heterocycles. The lowest BCUT2D eigenvalue weighted by molar-refractivity contribution is 0.344. The maximum absolute atomic E-state index is 12.1. The lowest BCUT2D eigenvalue weighted by Gasteiger charge is -2.26. The fraction of sp³-hybridized carbons (Fsp3) is 0.316. The Labute approximate surface area is 168 Å². The smallest absolute Gasteiger partial charge is 0.164 e. The van der Waals surface area contributed by atoms with Crippen LogP contribution < -0.4 is 9.64 Å². The van der Waals surface area contributed by atoms with E-state index in [9.17, 15) is 8.42 Å². The second kappa shape index (κ2) is 7.73. The number of rotatable bonds is 5. The molecule has 27 heavy (non-hydrogen) atoms. The molecule has 0 radical (unpaired) electrons. The van der Waals surface area contributed by atoms with Crippen molar-refractivity contribution < 1.29 is 13.2 Å². The highest BCUT2D eigenvalue weighted by Gasteiger charge is 2.47. The Morgan fingerprint density at radius 2 is 1.96 bits per heavy atom. The minimum absolute atomic E-state index is 0.110. The van der Waals surface area contributed by atoms with E-state index < -0.39 is 9.84 Å². The molecule has 2 aliphatic rings. The van der Waals surface area contributed by atoms with Crippen LogP contribution in [-0.4, -0.2) is 49.5 Å². The number of benzene rings is 2. The minimum atomic E-state index is -3.06. The average Bonchev–Trinajstić information content (AvgIpc) is 3.10. The molecular formula is C19H19ClN2O3S2. The van der Waals surface area contributed by atoms with Crippen LogP contribution in [0.3, 0.4) is 0 Å². The molecule has 2 aliphatic heterocycles. The zero-order valence-electron chi connectivity index (χ0n) is 14.5. The van der Waals surface area contributed by atoms with Crippen molar-refractivity contribution in [2.24, 2.45) is 4.99 Å². The summed E-state index contributed by atoms with van der Waals surface area (Å²) in [6, 6.07) is 16.8. The highest BCUT2D eigenvalue weighted by molar-refractivity contribution is 8.14. The number of nitrogens with zero attached hydrogens (tertiary/aromatic N) is 2. The molecule has 0 saturated carbocycles. The fourth-order valence-corrected chi connectivity index (χ4v) is 6.34. The Morgan fingerprint density at radius 1 is 1.15 bits per heavy atom. The van der Waals surface area contributed by atoms with Gasteiger partial charge in [-0.3, -0.25) is 4.99 Å². The van der Waals surface area contributed by atoms with Crippen molar-refractivity contribution in [1.29, 1.82) is 0 Å². The van der Waals surface area contributed by atoms with E-state index >= 15 is 0 Å². The number of aliphatic imine (C=N–C) groups is 1. The number of hydrogen-bond acceptors (Lipinski definition) is 6. The maximum Gasteiger partial charge on any atom is 0.164 e. The zero-order valence-corrected chi connectivity index (χ0v) is 16.9. The highest BCUT2D eigenvalue weighted by atomic mass is 35.5. The van der Waals surface area contributed by atoms with Gasteiger partial charge < -0.3 is 9.64 Å². The summed E-state index contributed by atoms with van der Waals surface area (Å²) in [5.41, 5.74) is 0.877. The summed E-state index contributed by atoms with van der Waals surface area (Å²) in [6.07, 6.45) is 0. The van der Waals surface area contributed by atoms with E-state index in [0.29, 0.717) is 11.6 Å². The predicted molar refractivity (Wildman–Crippen MR) is 112 cm³/mol. The summed E-state index contributed by atoms with van der Waals surface area (Å²) in [6.45, 7) is 0.546. The number of hydrogen-bond donors (Lipinski definition) is 0. The van der Waals surface area contributed by atoms with Crippen molar-refractivity contribution in [1.82, 2.24) is 0 Å². The Balaban J connectivity index is 1.47. The minimum Gasteiger partial charge on any atom is -0.493 e. The first-order valence-electron chi connectivity index (χ1n) is 8.65. The molecule has 8 heteroatoms. The molecule has 4 rings (SSSR count). The van der Waals surface area contributed by atoms with Gasteiger partial charge >= 0.3 is 0 Å². The number of thioether (sulfide) groups is 1. The van der Waals surface area contributed by atoms with Crippen LogP contribution in [0.15, 0.2) is 59.6 Å². The molecular weight excluding hydrogens is 404 g/mol. The van der Waals surface area contributed by atoms with Crippen molar-refractivity contribution in [3.05, 3.63) is 59.6 Å². The molecule has 2 aromatic carbocycles. The molecule has 0 unspecified atom stereocenters. The number of para-hydroxylation sites is 1. The third-order valence-electron chi connectivity index (χ3n) is 4.52. The number of fused-ring (bicyclic) bond motifs is 1. The first-order valence-corrected chi connectivity index (χ1v) is 11.8. The largest absolute Gasteiger partial charge is 0.493 e. The Bertz CT molecular complexity index is 950. The van der Waals surface area contributed by atoms with Crippen LogP contribution in [0.4, 0.5) is 5.69 Å². The molecule has 0 bridgehead atoms. The van der Waals surface area contributed by atoms with Gasteiger partial charge in [-0.1, -0.05) is 47.6 Å². The molecule has 142 valence electrons. The van der Waals surface area contributed by atoms with Crippen molar-refractivity contribution in [2.75, 3.05) is 28.8 Å². The number of amidine groups is 1. The van der Waals surface area contributed by atoms with Crippen LogP contribution in [0.2, 0.25) is 5.02 Å². The van der Waals surface area contributed by atoms with Crippen LogP contribution in [-0.2, 0) is 9.84 Å². The van der Waals surface area contributed by atoms with Crippen LogP contribution in [0, 0.1) is 0 Å². The summed E-state index contributed by atoms with van der Waals surface area (Å²) in [7, 11) is -3.06. The van der Waals surface area contributed by atoms with Crippen molar-refractivity contribution >= 4 is 44.1 Å². The Morgan fingerprint density at radius 3 is 2.74 bits per heavy atom. The van der Waals surface area contributed by atoms with Gasteiger partial charge in [-0.2, -0.15) is 0 Å². The molecule has 0 amide bonds. The SMILES string of the molecule is O=S1(=O)C[C@@H]2[C@@H](C1)N=C(SCCOc1ccccc1)N2c1cccc(Cl)c1. The number of anilines is 1. The summed E-state index contributed by atoms with van der Waals surface area (Å²) >= 11 is 7.73. The van der Waals surface area contributed by atoms with Crippen LogP contribution in [0.5, 0.6) is 5.75 Å². The van der Waals surface area contributed by atoms with Gasteiger partial charge in [0.15, 0.2) is 15.0 Å². The fourth-order valence-electron chi connectivity index (χ4n) is 3.37. The van der Waals surface area contributed by atoms with Gasteiger partial charge in [-0.15, -0.1) is 0 Å². The van der Waals surface area contributed by atoms with Crippen molar-refractivity contribution in [2.45, 2.75) is 12.1 Å². The molecule has 1 saturated heterocycles. The number of sulfone groups is 1. The van der Waals surface area contributed by atoms with Crippen LogP contribution >= 0.6 is 23.4 Å². The molecule has 0 N–H and O–H groups in total. The van der Waals surface area contributed by atoms with Gasteiger partial charge in [0, 0.05) is 16.5 Å². The monoisotopic (exact) mass is 422 g/mol. The van der Waals surface area contributed by atoms with E-state index in [4.69, 9.17) is 21.3 Å². The summed E-state index contributed by atoms with van der Waals surface area (Å²) < 4.78 is 29.9. The molecule has 0 spiro atoms. The first-order chi connectivity index (χ1) is 13.0. The second-order valence-electron chi connectivity index (χ2n) is 6.48. The summed E-state index contributed by atoms with van der Waals surface area (Å²) in [4.78, 5) is 6.73. The normalized spacial score (nSPS) is 23.1. The van der Waals surface area contributed by atoms with E-state index in [2.05, 4.69) is 0 Å². The van der Waals surface area contributed by atoms with Gasteiger partial charge in [0.2, 0.25) is 0 Å². The number of halogens is 1. The highest BCUT2D eigenvalue weighted by Crippen LogP contribution is 2.35. The van der Waals surface area contributed by atoms with Gasteiger partial charge in [0.25, 0.3) is 0 Å². The zero-order chi connectivity index (χ0) is 18.9. The Kier molecular flexibility index (Phi) is 5.34. The van der Waals surface area contributed by atoms with E-state index in [1.807, 2.05) is 59.5 Å². The molecule has 2 heterocycles. The van der Waals surface area contributed by atoms with Gasteiger partial charge in [-0.05, 0) is 30.3 Å². The summed E-state index contributed by atoms with van der Waals surface area (Å²) in [5.74, 6) is 1.79. The predicted octanol–water partition coefficient (Wildman–Crippen LogP) is 3.49. The van der Waals surface area contributed by atoms with Gasteiger partial charge in [0.05, 0.1) is 30.2 Å². The Hall–Kier alpha value is -1.70. The standard InChI is InChI=1S/C19H19ClN2O3S2/c20-14-5-4-6-15(11-14)22-18-13-27(23,24)12-17(18)21-19(22)26-10-9-25-16-7-2-1-3-8-16/h1-8,11,17-18H,9-10,12-13H2/t17-,18-/m1/s1. The van der Waals surface area contributed by atoms with E-state index in [1.165, 1.54) is 0 Å². The van der Waals surface area contributed by atoms with E-state index in [0.717, 1.165) is 22.4 Å². The number of ether oxygens (including phenoxy) is 1. The average molecular weight is 423 g/mol. The third-order valence-corrected chi connectivity index (χ3v) is 7.39. The second-order valence-corrected chi connectivity index (χ2v) is 10.1. The topological polar surface area (TPSA) is 59.0 Å². The maximum atomic E-state index is 12.1. The van der Waals surface area contributed by atoms with E-state index in [-0.39, 0.29) is 23.6 Å². The molecule has 2 aromatic rings. The lowest BCUT2D eigenvalue weighted by atomic mass is 10.1. The third kappa shape index (κ3) is 4.25. The molecule has 5 nitrogen and oxygen atoms in total. The van der Waals surface area contributed by atoms with Crippen molar-refractivity contribution in [3.63, 3.8) is 0 Å². The van der Waals surface area contributed by atoms with E-state index in [1.54, 1.807) is 11.8 Å². The first kappa shape index (κ1) is 18.7. The van der Waals surface area contributed by atoms with Gasteiger partial charge in [-0.25, -0.2) is 8.42 Å². The lowest BCUT2D eigenvalue weighted by Crippen LogP contribution is -2.39. The summed E-state index contributed by atoms with van der Waals surface area (Å²) in [5, 5.41) is 1.45.